The second kappa shape index (κ2) is 6.71. The number of hydrogen-bond acceptors (Lipinski definition) is 0. The molecule has 0 atom stereocenters. The van der Waals surface area contributed by atoms with Crippen molar-refractivity contribution in [3.05, 3.63) is 35.9 Å². The van der Waals surface area contributed by atoms with Gasteiger partial charge in [-0.2, -0.15) is 0 Å². The summed E-state index contributed by atoms with van der Waals surface area (Å²) in [7, 11) is 0. The lowest BCUT2D eigenvalue weighted by Crippen LogP contribution is -1.85. The molecule has 0 aliphatic heterocycles. The van der Waals surface area contributed by atoms with E-state index in [0.717, 1.165) is 0 Å². The van der Waals surface area contributed by atoms with Crippen LogP contribution < -0.4 is 0 Å². The molecule has 0 aromatic heterocycles. The van der Waals surface area contributed by atoms with Crippen LogP contribution in [0, 0.1) is 13.0 Å². The summed E-state index contributed by atoms with van der Waals surface area (Å²) in [6.45, 7) is 2.06. The maximum absolute atomic E-state index is 2.93. The molecular weight excluding hydrogens is 156 g/mol. The van der Waals surface area contributed by atoms with Crippen LogP contribution in [-0.2, 0) is 0 Å². The minimum atomic E-state index is 1.29. The highest BCUT2D eigenvalue weighted by molar-refractivity contribution is 5.10. The maximum atomic E-state index is 2.93. The highest BCUT2D eigenvalue weighted by Crippen LogP contribution is 2.15. The Morgan fingerprint density at radius 3 is 1.46 bits per heavy atom. The fraction of sp³-hybridized carbons (Fsp3) is 0.538. The minimum absolute atomic E-state index is 1.29. The van der Waals surface area contributed by atoms with E-state index in [2.05, 4.69) is 13.0 Å². The van der Waals surface area contributed by atoms with Gasteiger partial charge >= 0.3 is 0 Å². The Labute approximate surface area is 82.0 Å². The first-order chi connectivity index (χ1) is 6.39. The summed E-state index contributed by atoms with van der Waals surface area (Å²) in [6, 6.07) is 10.8. The first kappa shape index (κ1) is 10.3. The van der Waals surface area contributed by atoms with Crippen molar-refractivity contribution in [3.8, 4) is 0 Å². The van der Waals surface area contributed by atoms with Crippen molar-refractivity contribution in [1.82, 2.24) is 0 Å². The Hall–Kier alpha value is -0.780. The maximum Gasteiger partial charge on any atom is -0.0184 e. The molecule has 1 aromatic rings. The molecule has 0 heterocycles. The van der Waals surface area contributed by atoms with Gasteiger partial charge in [0.05, 0.1) is 0 Å². The molecule has 13 heavy (non-hydrogen) atoms. The van der Waals surface area contributed by atoms with E-state index >= 15 is 0 Å². The fourth-order valence-corrected chi connectivity index (χ4v) is 1.53. The van der Waals surface area contributed by atoms with Gasteiger partial charge in [0.1, 0.15) is 0 Å². The number of rotatable bonds is 0. The third kappa shape index (κ3) is 5.46. The van der Waals surface area contributed by atoms with Crippen molar-refractivity contribution in [3.63, 3.8) is 0 Å². The predicted octanol–water partition coefficient (Wildman–Crippen LogP) is 4.14. The molecule has 0 saturated heterocycles. The van der Waals surface area contributed by atoms with E-state index in [4.69, 9.17) is 0 Å². The molecular formula is C13H19. The van der Waals surface area contributed by atoms with E-state index in [1.165, 1.54) is 44.1 Å². The lowest BCUT2D eigenvalue weighted by atomic mass is 10.0. The van der Waals surface area contributed by atoms with Crippen LogP contribution in [0.15, 0.2) is 24.3 Å². The Morgan fingerprint density at radius 1 is 0.846 bits per heavy atom. The second-order valence-electron chi connectivity index (χ2n) is 3.70. The molecule has 1 radical (unpaired) electrons. The Morgan fingerprint density at radius 2 is 1.23 bits per heavy atom. The number of benzene rings is 1. The topological polar surface area (TPSA) is 0 Å². The Balaban J connectivity index is 0.000000132. The van der Waals surface area contributed by atoms with Crippen LogP contribution >= 0.6 is 0 Å². The molecule has 2 rings (SSSR count). The minimum Gasteiger partial charge on any atom is -0.0587 e. The molecule has 0 unspecified atom stereocenters. The zero-order valence-corrected chi connectivity index (χ0v) is 8.55. The molecule has 1 saturated carbocycles. The molecule has 0 N–H and O–H groups in total. The van der Waals surface area contributed by atoms with Crippen molar-refractivity contribution in [1.29, 1.82) is 0 Å². The van der Waals surface area contributed by atoms with Crippen LogP contribution in [0.4, 0.5) is 0 Å². The average molecular weight is 175 g/mol. The quantitative estimate of drug-likeness (QED) is 0.556. The van der Waals surface area contributed by atoms with Crippen LogP contribution in [0.1, 0.15) is 44.1 Å². The van der Waals surface area contributed by atoms with E-state index in [9.17, 15) is 0 Å². The smallest absolute Gasteiger partial charge is 0.0184 e. The van der Waals surface area contributed by atoms with Gasteiger partial charge in [0.25, 0.3) is 0 Å². The molecule has 71 valence electrons. The first-order valence-corrected chi connectivity index (χ1v) is 5.32. The van der Waals surface area contributed by atoms with Crippen molar-refractivity contribution in [2.75, 3.05) is 0 Å². The normalized spacial score (nSPS) is 15.8. The van der Waals surface area contributed by atoms with Gasteiger partial charge in [-0.1, -0.05) is 68.4 Å². The predicted molar refractivity (Wildman–Crippen MR) is 57.7 cm³/mol. The molecule has 0 bridgehead atoms. The van der Waals surface area contributed by atoms with Crippen LogP contribution in [0.5, 0.6) is 0 Å². The number of hydrogen-bond donors (Lipinski definition) is 0. The largest absolute Gasteiger partial charge is 0.0587 e. The van der Waals surface area contributed by atoms with E-state index in [1.54, 1.807) is 0 Å². The SMILES string of the molecule is C1CCCCC1.Cc1cc[c]cc1. The van der Waals surface area contributed by atoms with Gasteiger partial charge in [-0.15, -0.1) is 0 Å². The molecule has 0 heteroatoms. The summed E-state index contributed by atoms with van der Waals surface area (Å²) < 4.78 is 0. The summed E-state index contributed by atoms with van der Waals surface area (Å²) in [5.41, 5.74) is 1.29. The van der Waals surface area contributed by atoms with Crippen LogP contribution in [0.3, 0.4) is 0 Å². The van der Waals surface area contributed by atoms with E-state index < -0.39 is 0 Å². The second-order valence-corrected chi connectivity index (χ2v) is 3.70. The van der Waals surface area contributed by atoms with Crippen LogP contribution in [-0.4, -0.2) is 0 Å². The average Bonchev–Trinajstić information content (AvgIpc) is 2.22. The van der Waals surface area contributed by atoms with Crippen molar-refractivity contribution in [2.45, 2.75) is 45.4 Å². The van der Waals surface area contributed by atoms with E-state index in [1.807, 2.05) is 24.3 Å². The highest BCUT2D eigenvalue weighted by atomic mass is 14.0. The van der Waals surface area contributed by atoms with Crippen LogP contribution in [0.25, 0.3) is 0 Å². The number of aryl methyl sites for hydroxylation is 1. The van der Waals surface area contributed by atoms with Gasteiger partial charge < -0.3 is 0 Å². The molecule has 1 aromatic carbocycles. The molecule has 1 aliphatic carbocycles. The molecule has 0 amide bonds. The van der Waals surface area contributed by atoms with Gasteiger partial charge in [-0.25, -0.2) is 0 Å². The van der Waals surface area contributed by atoms with Crippen LogP contribution in [0.2, 0.25) is 0 Å². The molecule has 1 fully saturated rings. The molecule has 0 spiro atoms. The van der Waals surface area contributed by atoms with Gasteiger partial charge in [-0.05, 0) is 13.0 Å². The Bertz CT molecular complexity index is 185. The van der Waals surface area contributed by atoms with E-state index in [-0.39, 0.29) is 0 Å². The summed E-state index contributed by atoms with van der Waals surface area (Å²) in [5.74, 6) is 0. The van der Waals surface area contributed by atoms with Crippen molar-refractivity contribution in [2.24, 2.45) is 0 Å². The Kier molecular flexibility index (Phi) is 5.31. The molecule has 1 aliphatic rings. The summed E-state index contributed by atoms with van der Waals surface area (Å²) in [5, 5.41) is 0. The molecule has 0 nitrogen and oxygen atoms in total. The summed E-state index contributed by atoms with van der Waals surface area (Å²) in [4.78, 5) is 0. The van der Waals surface area contributed by atoms with Gasteiger partial charge in [-0.3, -0.25) is 0 Å². The zero-order valence-electron chi connectivity index (χ0n) is 8.55. The van der Waals surface area contributed by atoms with Gasteiger partial charge in [0, 0.05) is 0 Å². The third-order valence-electron chi connectivity index (χ3n) is 2.38. The lowest BCUT2D eigenvalue weighted by molar-refractivity contribution is 0.504. The third-order valence-corrected chi connectivity index (χ3v) is 2.38. The van der Waals surface area contributed by atoms with Crippen molar-refractivity contribution >= 4 is 0 Å². The monoisotopic (exact) mass is 175 g/mol. The van der Waals surface area contributed by atoms with Gasteiger partial charge in [0.2, 0.25) is 0 Å². The lowest BCUT2D eigenvalue weighted by Gasteiger charge is -2.05. The van der Waals surface area contributed by atoms with Gasteiger partial charge in [0.15, 0.2) is 0 Å². The zero-order chi connectivity index (χ0) is 9.36. The summed E-state index contributed by atoms with van der Waals surface area (Å²) in [6.07, 6.45) is 9.00. The summed E-state index contributed by atoms with van der Waals surface area (Å²) >= 11 is 0. The van der Waals surface area contributed by atoms with Crippen molar-refractivity contribution < 1.29 is 0 Å². The highest BCUT2D eigenvalue weighted by Gasteiger charge is 1.95. The van der Waals surface area contributed by atoms with E-state index in [0.29, 0.717) is 0 Å². The fourth-order valence-electron chi connectivity index (χ4n) is 1.53. The standard InChI is InChI=1S/C7H7.C6H12/c1-7-5-3-2-4-6-7;1-2-4-6-5-3-1/h3-6H,1H3;1-6H2. The first-order valence-electron chi connectivity index (χ1n) is 5.32.